The van der Waals surface area contributed by atoms with Gasteiger partial charge in [0.05, 0.1) is 15.7 Å². The highest BCUT2D eigenvalue weighted by Gasteiger charge is 2.26. The third-order valence-electron chi connectivity index (χ3n) is 4.63. The van der Waals surface area contributed by atoms with Crippen LogP contribution in [0.15, 0.2) is 53.4 Å². The van der Waals surface area contributed by atoms with Gasteiger partial charge in [0.2, 0.25) is 0 Å². The van der Waals surface area contributed by atoms with Gasteiger partial charge in [-0.2, -0.15) is 0 Å². The second kappa shape index (κ2) is 7.46. The Bertz CT molecular complexity index is 1310. The molecule has 1 heterocycles. The topological polar surface area (TPSA) is 95.5 Å². The molecule has 0 aliphatic carbocycles. The van der Waals surface area contributed by atoms with E-state index in [1.165, 1.54) is 6.07 Å². The lowest BCUT2D eigenvalue weighted by atomic mass is 9.98. The number of carbonyl (C=O) groups excluding carboxylic acids is 1. The van der Waals surface area contributed by atoms with E-state index in [4.69, 9.17) is 23.2 Å². The first kappa shape index (κ1) is 20.5. The molecule has 0 unspecified atom stereocenters. The molecule has 0 fully saturated rings. The van der Waals surface area contributed by atoms with Crippen LogP contribution in [-0.2, 0) is 16.6 Å². The number of fused-ring (bicyclic) bond motifs is 6. The van der Waals surface area contributed by atoms with E-state index >= 15 is 0 Å². The maximum atomic E-state index is 14.7. The smallest absolute Gasteiger partial charge is 0.265 e. The molecule has 0 saturated carbocycles. The Labute approximate surface area is 181 Å². The van der Waals surface area contributed by atoms with Crippen LogP contribution in [0.5, 0.6) is 5.75 Å². The fraction of sp³-hybridized carbons (Fsp3) is 0.0500. The number of aromatic hydroxyl groups is 1. The first-order valence-electron chi connectivity index (χ1n) is 8.58. The first-order valence-corrected chi connectivity index (χ1v) is 10.8. The maximum Gasteiger partial charge on any atom is 0.265 e. The zero-order chi connectivity index (χ0) is 21.6. The summed E-state index contributed by atoms with van der Waals surface area (Å²) in [7, 11) is -4.42. The van der Waals surface area contributed by atoms with Crippen molar-refractivity contribution in [1.29, 1.82) is 0 Å². The van der Waals surface area contributed by atoms with Crippen molar-refractivity contribution in [2.45, 2.75) is 11.4 Å². The average molecular weight is 467 g/mol. The molecule has 3 aromatic carbocycles. The molecule has 1 aliphatic rings. The Balaban J connectivity index is 2.01. The normalized spacial score (nSPS) is 15.0. The monoisotopic (exact) mass is 466 g/mol. The van der Waals surface area contributed by atoms with E-state index in [1.54, 1.807) is 24.3 Å². The predicted molar refractivity (Wildman–Crippen MR) is 112 cm³/mol. The van der Waals surface area contributed by atoms with Crippen molar-refractivity contribution in [2.24, 2.45) is 0 Å². The van der Waals surface area contributed by atoms with Crippen LogP contribution in [-0.4, -0.2) is 19.4 Å². The van der Waals surface area contributed by atoms with Gasteiger partial charge < -0.3 is 10.4 Å². The Morgan fingerprint density at radius 3 is 2.50 bits per heavy atom. The summed E-state index contributed by atoms with van der Waals surface area (Å²) in [5.74, 6) is -2.01. The van der Waals surface area contributed by atoms with Crippen molar-refractivity contribution < 1.29 is 22.7 Å². The molecule has 4 bridgehead atoms. The molecule has 0 aromatic heterocycles. The minimum absolute atomic E-state index is 0.0421. The van der Waals surface area contributed by atoms with Gasteiger partial charge in [-0.3, -0.25) is 9.52 Å². The van der Waals surface area contributed by atoms with Crippen molar-refractivity contribution in [2.75, 3.05) is 4.72 Å². The summed E-state index contributed by atoms with van der Waals surface area (Å²) in [5.41, 5.74) is 0.987. The summed E-state index contributed by atoms with van der Waals surface area (Å²) in [5, 5.41) is 12.4. The van der Waals surface area contributed by atoms with Crippen molar-refractivity contribution >= 4 is 44.8 Å². The highest BCUT2D eigenvalue weighted by molar-refractivity contribution is 7.92. The van der Waals surface area contributed by atoms with E-state index in [2.05, 4.69) is 10.0 Å². The van der Waals surface area contributed by atoms with E-state index in [-0.39, 0.29) is 33.4 Å². The lowest BCUT2D eigenvalue weighted by Gasteiger charge is -2.14. The van der Waals surface area contributed by atoms with Crippen LogP contribution >= 0.6 is 23.2 Å². The molecule has 0 saturated heterocycles. The van der Waals surface area contributed by atoms with Crippen LogP contribution in [0.2, 0.25) is 10.0 Å². The van der Waals surface area contributed by atoms with Crippen molar-refractivity contribution in [3.63, 3.8) is 0 Å². The van der Waals surface area contributed by atoms with E-state index in [1.807, 2.05) is 0 Å². The highest BCUT2D eigenvalue weighted by atomic mass is 35.5. The number of nitrogens with one attached hydrogen (secondary N) is 2. The van der Waals surface area contributed by atoms with Crippen molar-refractivity contribution in [1.82, 2.24) is 5.32 Å². The van der Waals surface area contributed by atoms with Gasteiger partial charge in [-0.1, -0.05) is 47.5 Å². The zero-order valence-corrected chi connectivity index (χ0v) is 17.4. The zero-order valence-electron chi connectivity index (χ0n) is 15.0. The van der Waals surface area contributed by atoms with Crippen LogP contribution in [0.1, 0.15) is 15.9 Å². The fourth-order valence-electron chi connectivity index (χ4n) is 3.16. The summed E-state index contributed by atoms with van der Waals surface area (Å²) >= 11 is 12.0. The van der Waals surface area contributed by atoms with Gasteiger partial charge in [-0.15, -0.1) is 0 Å². The third-order valence-corrected chi connectivity index (χ3v) is 6.61. The number of hydrogen-bond donors (Lipinski definition) is 3. The average Bonchev–Trinajstić information content (AvgIpc) is 2.70. The number of hydrogen-bond acceptors (Lipinski definition) is 4. The van der Waals surface area contributed by atoms with Gasteiger partial charge in [0.1, 0.15) is 10.7 Å². The second-order valence-corrected chi connectivity index (χ2v) is 9.03. The molecule has 3 N–H and O–H groups in total. The lowest BCUT2D eigenvalue weighted by Crippen LogP contribution is -2.23. The summed E-state index contributed by atoms with van der Waals surface area (Å²) < 4.78 is 42.8. The molecule has 0 radical (unpaired) electrons. The third kappa shape index (κ3) is 3.58. The highest BCUT2D eigenvalue weighted by Crippen LogP contribution is 2.37. The minimum Gasteiger partial charge on any atom is -0.505 e. The van der Waals surface area contributed by atoms with Crippen LogP contribution in [0, 0.1) is 5.82 Å². The molecule has 1 amide bonds. The molecular weight excluding hydrogens is 454 g/mol. The minimum atomic E-state index is -4.42. The lowest BCUT2D eigenvalue weighted by molar-refractivity contribution is 0.0950. The molecule has 3 aromatic rings. The van der Waals surface area contributed by atoms with E-state index in [9.17, 15) is 22.7 Å². The van der Waals surface area contributed by atoms with Gasteiger partial charge in [-0.25, -0.2) is 12.8 Å². The quantitative estimate of drug-likeness (QED) is 0.452. The number of benzene rings is 3. The number of phenols is 1. The van der Waals surface area contributed by atoms with E-state index in [0.717, 1.165) is 18.2 Å². The van der Waals surface area contributed by atoms with Crippen molar-refractivity contribution in [3.8, 4) is 16.9 Å². The number of halogens is 3. The Morgan fingerprint density at radius 1 is 1.00 bits per heavy atom. The molecule has 4 rings (SSSR count). The number of phenolic OH excluding ortho intramolecular Hbond substituents is 1. The van der Waals surface area contributed by atoms with Gasteiger partial charge in [-0.05, 0) is 35.4 Å². The van der Waals surface area contributed by atoms with E-state index < -0.39 is 32.4 Å². The molecule has 0 atom stereocenters. The summed E-state index contributed by atoms with van der Waals surface area (Å²) in [6.45, 7) is 0.0421. The Hall–Kier alpha value is -2.81. The Kier molecular flexibility index (Phi) is 5.09. The maximum absolute atomic E-state index is 14.7. The van der Waals surface area contributed by atoms with Gasteiger partial charge >= 0.3 is 0 Å². The summed E-state index contributed by atoms with van der Waals surface area (Å²) in [6.07, 6.45) is 0. The number of carbonyl (C=O) groups is 1. The Morgan fingerprint density at radius 2 is 1.73 bits per heavy atom. The summed E-state index contributed by atoms with van der Waals surface area (Å²) in [6, 6.07) is 11.2. The van der Waals surface area contributed by atoms with Gasteiger partial charge in [0, 0.05) is 17.7 Å². The van der Waals surface area contributed by atoms with Crippen molar-refractivity contribution in [3.05, 3.63) is 75.5 Å². The molecule has 1 aliphatic heterocycles. The van der Waals surface area contributed by atoms with E-state index in [0.29, 0.717) is 11.1 Å². The number of amides is 1. The van der Waals surface area contributed by atoms with Crippen LogP contribution < -0.4 is 10.0 Å². The number of rotatable bonds is 0. The van der Waals surface area contributed by atoms with Crippen LogP contribution in [0.3, 0.4) is 0 Å². The largest absolute Gasteiger partial charge is 0.505 e. The van der Waals surface area contributed by atoms with Gasteiger partial charge in [0.15, 0.2) is 5.75 Å². The van der Waals surface area contributed by atoms with Crippen LogP contribution in [0.25, 0.3) is 11.1 Å². The molecule has 154 valence electrons. The molecule has 30 heavy (non-hydrogen) atoms. The molecule has 0 spiro atoms. The second-order valence-electron chi connectivity index (χ2n) is 6.56. The molecule has 10 heteroatoms. The fourth-order valence-corrected chi connectivity index (χ4v) is 4.90. The van der Waals surface area contributed by atoms with Crippen LogP contribution in [0.4, 0.5) is 10.1 Å². The summed E-state index contributed by atoms with van der Waals surface area (Å²) in [4.78, 5) is 12.0. The number of anilines is 1. The van der Waals surface area contributed by atoms with Gasteiger partial charge in [0.25, 0.3) is 15.9 Å². The predicted octanol–water partition coefficient (Wildman–Crippen LogP) is 4.55. The first-order chi connectivity index (χ1) is 14.2. The molecule has 6 nitrogen and oxygen atoms in total. The SMILES string of the molecule is O=C1NCc2ccccc2-c2cc(c(Cl)cc2F)NS(=O)(=O)c2cc1cc(Cl)c2O. The number of sulfonamides is 1. The standard InChI is InChI=1S/C20H13Cl2FN2O4S/c21-14-8-16(23)13-7-17(14)25-30(28,29)18-6-11(5-15(22)19(18)26)20(27)24-9-10-3-1-2-4-12(10)13/h1-8,25-26H,9H2,(H,24,27). The molecular formula is C20H13Cl2FN2O4S.